The van der Waals surface area contributed by atoms with Gasteiger partial charge < -0.3 is 9.26 Å². The Morgan fingerprint density at radius 2 is 1.92 bits per heavy atom. The van der Waals surface area contributed by atoms with Crippen molar-refractivity contribution in [3.05, 3.63) is 47.3 Å². The highest BCUT2D eigenvalue weighted by molar-refractivity contribution is 7.89. The summed E-state index contributed by atoms with van der Waals surface area (Å²) < 4.78 is 37.8. The molecule has 2 heterocycles. The number of amides is 2. The Hall–Kier alpha value is -2.72. The Morgan fingerprint density at radius 3 is 2.46 bits per heavy atom. The van der Waals surface area contributed by atoms with E-state index in [-0.39, 0.29) is 29.5 Å². The maximum absolute atomic E-state index is 12.8. The molecule has 0 unspecified atom stereocenters. The second kappa shape index (κ2) is 6.89. The van der Waals surface area contributed by atoms with E-state index in [2.05, 4.69) is 9.88 Å². The molecule has 26 heavy (non-hydrogen) atoms. The summed E-state index contributed by atoms with van der Waals surface area (Å²) >= 11 is 0. The zero-order valence-corrected chi connectivity index (χ0v) is 14.9. The Morgan fingerprint density at radius 1 is 1.23 bits per heavy atom. The lowest BCUT2D eigenvalue weighted by molar-refractivity contribution is -0.126. The molecule has 0 saturated carbocycles. The molecule has 1 aromatic heterocycles. The van der Waals surface area contributed by atoms with Gasteiger partial charge in [-0.3, -0.25) is 4.79 Å². The largest absolute Gasteiger partial charge is 0.439 e. The van der Waals surface area contributed by atoms with Gasteiger partial charge in [0.05, 0.1) is 12.6 Å². The van der Waals surface area contributed by atoms with Crippen LogP contribution >= 0.6 is 0 Å². The molecule has 0 bridgehead atoms. The first-order valence-electron chi connectivity index (χ1n) is 7.77. The first-order chi connectivity index (χ1) is 12.3. The summed E-state index contributed by atoms with van der Waals surface area (Å²) in [6.07, 6.45) is -0.799. The zero-order chi connectivity index (χ0) is 18.9. The Balaban J connectivity index is 1.94. The van der Waals surface area contributed by atoms with Crippen molar-refractivity contribution in [3.8, 4) is 0 Å². The van der Waals surface area contributed by atoms with Gasteiger partial charge in [0.25, 0.3) is 5.91 Å². The fourth-order valence-corrected chi connectivity index (χ4v) is 4.29. The maximum atomic E-state index is 12.8. The molecule has 9 nitrogen and oxygen atoms in total. The first kappa shape index (κ1) is 18.1. The van der Waals surface area contributed by atoms with Gasteiger partial charge in [-0.25, -0.2) is 22.8 Å². The van der Waals surface area contributed by atoms with Gasteiger partial charge in [0, 0.05) is 0 Å². The summed E-state index contributed by atoms with van der Waals surface area (Å²) in [6, 6.07) is 7.79. The highest BCUT2D eigenvalue weighted by Gasteiger charge is 2.35. The number of ether oxygens (including phenoxy) is 1. The molecule has 0 aliphatic carbocycles. The molecule has 10 heteroatoms. The molecule has 1 aliphatic rings. The summed E-state index contributed by atoms with van der Waals surface area (Å²) in [6.45, 7) is 2.47. The summed E-state index contributed by atoms with van der Waals surface area (Å²) in [5.74, 6) is -0.370. The van der Waals surface area contributed by atoms with Gasteiger partial charge in [-0.2, -0.15) is 0 Å². The second-order valence-corrected chi connectivity index (χ2v) is 7.45. The monoisotopic (exact) mass is 379 g/mol. The van der Waals surface area contributed by atoms with Crippen molar-refractivity contribution in [1.29, 1.82) is 0 Å². The number of aromatic nitrogens is 1. The van der Waals surface area contributed by atoms with E-state index < -0.39 is 28.1 Å². The van der Waals surface area contributed by atoms with E-state index in [4.69, 9.17) is 9.26 Å². The van der Waals surface area contributed by atoms with Crippen molar-refractivity contribution in [2.24, 2.45) is 0 Å². The molecule has 2 aromatic rings. The third-order valence-corrected chi connectivity index (χ3v) is 5.66. The average molecular weight is 379 g/mol. The van der Waals surface area contributed by atoms with Gasteiger partial charge in [-0.15, -0.1) is 0 Å². The summed E-state index contributed by atoms with van der Waals surface area (Å²) in [5.41, 5.74) is 0.814. The summed E-state index contributed by atoms with van der Waals surface area (Å²) in [4.78, 5) is 24.4. The molecule has 0 spiro atoms. The van der Waals surface area contributed by atoms with Gasteiger partial charge in [0.1, 0.15) is 10.6 Å². The molecule has 1 aliphatic heterocycles. The van der Waals surface area contributed by atoms with Crippen LogP contribution in [0.2, 0.25) is 0 Å². The quantitative estimate of drug-likeness (QED) is 0.803. The molecule has 1 atom stereocenters. The number of rotatable bonds is 6. The van der Waals surface area contributed by atoms with Crippen LogP contribution in [-0.2, 0) is 19.6 Å². The minimum absolute atomic E-state index is 0.0613. The van der Waals surface area contributed by atoms with Crippen LogP contribution in [0.15, 0.2) is 39.8 Å². The maximum Gasteiger partial charge on any atom is 0.417 e. The molecule has 0 radical (unpaired) electrons. The standard InChI is InChI=1S/C16H17N3O6S/c1-10-15(11(2)25-17-10)26(22,23)18-13(12-6-4-3-5-7-12)8-19-14(20)9-24-16(19)21/h3-7,13,18H,8-9H2,1-2H3/t13-/m0/s1. The lowest BCUT2D eigenvalue weighted by Gasteiger charge is -2.22. The van der Waals surface area contributed by atoms with Crippen molar-refractivity contribution >= 4 is 22.0 Å². The molecular weight excluding hydrogens is 362 g/mol. The van der Waals surface area contributed by atoms with Crippen LogP contribution in [-0.4, -0.2) is 43.6 Å². The number of hydrogen-bond donors (Lipinski definition) is 1. The minimum Gasteiger partial charge on any atom is -0.439 e. The van der Waals surface area contributed by atoms with E-state index in [1.54, 1.807) is 30.3 Å². The van der Waals surface area contributed by atoms with Crippen LogP contribution in [0.25, 0.3) is 0 Å². The Labute approximate surface area is 150 Å². The first-order valence-corrected chi connectivity index (χ1v) is 9.25. The van der Waals surface area contributed by atoms with Crippen molar-refractivity contribution in [2.75, 3.05) is 13.2 Å². The number of benzene rings is 1. The van der Waals surface area contributed by atoms with Crippen LogP contribution in [0.3, 0.4) is 0 Å². The predicted octanol–water partition coefficient (Wildman–Crippen LogP) is 1.29. The molecule has 138 valence electrons. The number of nitrogens with zero attached hydrogens (tertiary/aromatic N) is 2. The third-order valence-electron chi connectivity index (χ3n) is 3.94. The van der Waals surface area contributed by atoms with E-state index in [1.165, 1.54) is 13.8 Å². The molecule has 2 amide bonds. The number of carbonyl (C=O) groups excluding carboxylic acids is 2. The van der Waals surface area contributed by atoms with Crippen LogP contribution in [0.1, 0.15) is 23.1 Å². The number of aryl methyl sites for hydroxylation is 2. The van der Waals surface area contributed by atoms with E-state index in [1.807, 2.05) is 0 Å². The lowest BCUT2D eigenvalue weighted by atomic mass is 10.1. The topological polar surface area (TPSA) is 119 Å². The number of nitrogens with one attached hydrogen (secondary N) is 1. The van der Waals surface area contributed by atoms with Crippen LogP contribution in [0, 0.1) is 13.8 Å². The number of sulfonamides is 1. The fourth-order valence-electron chi connectivity index (χ4n) is 2.74. The second-order valence-electron chi connectivity index (χ2n) is 5.80. The normalized spacial score (nSPS) is 16.0. The average Bonchev–Trinajstić information content (AvgIpc) is 3.11. The van der Waals surface area contributed by atoms with Crippen LogP contribution < -0.4 is 4.72 Å². The van der Waals surface area contributed by atoms with E-state index >= 15 is 0 Å². The highest BCUT2D eigenvalue weighted by atomic mass is 32.2. The van der Waals surface area contributed by atoms with E-state index in [0.717, 1.165) is 4.90 Å². The highest BCUT2D eigenvalue weighted by Crippen LogP contribution is 2.24. The lowest BCUT2D eigenvalue weighted by Crippen LogP contribution is -2.40. The molecule has 1 N–H and O–H groups in total. The summed E-state index contributed by atoms with van der Waals surface area (Å²) in [5, 5.41) is 3.66. The predicted molar refractivity (Wildman–Crippen MR) is 88.5 cm³/mol. The van der Waals surface area contributed by atoms with Crippen molar-refractivity contribution < 1.29 is 27.3 Å². The van der Waals surface area contributed by atoms with Crippen molar-refractivity contribution in [3.63, 3.8) is 0 Å². The molecule has 1 fully saturated rings. The van der Waals surface area contributed by atoms with Crippen LogP contribution in [0.4, 0.5) is 4.79 Å². The van der Waals surface area contributed by atoms with Gasteiger partial charge in [-0.1, -0.05) is 35.5 Å². The SMILES string of the molecule is Cc1noc(C)c1S(=O)(=O)N[C@@H](CN1C(=O)COC1=O)c1ccccc1. The minimum atomic E-state index is -4.00. The van der Waals surface area contributed by atoms with Crippen molar-refractivity contribution in [1.82, 2.24) is 14.8 Å². The van der Waals surface area contributed by atoms with Gasteiger partial charge in [-0.05, 0) is 19.4 Å². The third kappa shape index (κ3) is 3.46. The number of cyclic esters (lactones) is 1. The summed E-state index contributed by atoms with van der Waals surface area (Å²) in [7, 11) is -4.00. The number of imide groups is 1. The van der Waals surface area contributed by atoms with Crippen molar-refractivity contribution in [2.45, 2.75) is 24.8 Å². The molecular formula is C16H17N3O6S. The van der Waals surface area contributed by atoms with Gasteiger partial charge in [0.2, 0.25) is 10.0 Å². The number of carbonyl (C=O) groups is 2. The van der Waals surface area contributed by atoms with Gasteiger partial charge >= 0.3 is 6.09 Å². The molecule has 1 saturated heterocycles. The van der Waals surface area contributed by atoms with Gasteiger partial charge in [0.15, 0.2) is 12.4 Å². The fraction of sp³-hybridized carbons (Fsp3) is 0.312. The number of hydrogen-bond acceptors (Lipinski definition) is 7. The Kier molecular flexibility index (Phi) is 4.79. The zero-order valence-electron chi connectivity index (χ0n) is 14.1. The Bertz CT molecular complexity index is 903. The van der Waals surface area contributed by atoms with E-state index in [9.17, 15) is 18.0 Å². The van der Waals surface area contributed by atoms with E-state index in [0.29, 0.717) is 5.56 Å². The molecule has 1 aromatic carbocycles. The molecule has 3 rings (SSSR count). The van der Waals surface area contributed by atoms with Crippen LogP contribution in [0.5, 0.6) is 0 Å². The smallest absolute Gasteiger partial charge is 0.417 e.